The predicted octanol–water partition coefficient (Wildman–Crippen LogP) is 2.14. The number of aromatic nitrogens is 1. The average molecular weight is 257 g/mol. The molecule has 0 aliphatic rings. The smallest absolute Gasteiger partial charge is 0.206 e. The summed E-state index contributed by atoms with van der Waals surface area (Å²) in [6.07, 6.45) is 1.48. The highest BCUT2D eigenvalue weighted by atomic mass is 16.6. The van der Waals surface area contributed by atoms with E-state index in [2.05, 4.69) is 5.16 Å². The quantitative estimate of drug-likeness (QED) is 0.661. The second-order valence-corrected chi connectivity index (χ2v) is 3.39. The Balaban J connectivity index is 0.000000200. The van der Waals surface area contributed by atoms with Gasteiger partial charge in [0.2, 0.25) is 5.49 Å². The number of benzene rings is 1. The van der Waals surface area contributed by atoms with Crippen LogP contribution in [-0.2, 0) is 4.84 Å². The van der Waals surface area contributed by atoms with E-state index in [4.69, 9.17) is 15.3 Å². The van der Waals surface area contributed by atoms with Gasteiger partial charge in [-0.05, 0) is 31.2 Å². The highest BCUT2D eigenvalue weighted by Crippen LogP contribution is 1.93. The SMILES string of the molecule is CCON=c1ccccn1O.N#Cc1ccccc1. The molecule has 0 radical (unpaired) electrons. The lowest BCUT2D eigenvalue weighted by atomic mass is 10.2. The third-order valence-corrected chi connectivity index (χ3v) is 2.01. The molecule has 19 heavy (non-hydrogen) atoms. The zero-order valence-corrected chi connectivity index (χ0v) is 10.6. The Labute approximate surface area is 111 Å². The minimum absolute atomic E-state index is 0.384. The zero-order valence-electron chi connectivity index (χ0n) is 10.6. The van der Waals surface area contributed by atoms with Gasteiger partial charge in [-0.2, -0.15) is 9.99 Å². The van der Waals surface area contributed by atoms with E-state index in [1.165, 1.54) is 6.20 Å². The van der Waals surface area contributed by atoms with Crippen LogP contribution in [0.3, 0.4) is 0 Å². The maximum atomic E-state index is 9.08. The van der Waals surface area contributed by atoms with Crippen LogP contribution < -0.4 is 5.49 Å². The summed E-state index contributed by atoms with van der Waals surface area (Å²) in [6, 6.07) is 16.3. The lowest BCUT2D eigenvalue weighted by molar-refractivity contribution is 0.117. The molecule has 0 saturated heterocycles. The van der Waals surface area contributed by atoms with Gasteiger partial charge < -0.3 is 10.0 Å². The molecular formula is C14H15N3O2. The average Bonchev–Trinajstić information content (AvgIpc) is 2.48. The molecule has 0 aliphatic carbocycles. The Morgan fingerprint density at radius 1 is 1.21 bits per heavy atom. The van der Waals surface area contributed by atoms with Crippen molar-refractivity contribution in [2.75, 3.05) is 6.61 Å². The number of hydrogen-bond donors (Lipinski definition) is 1. The fourth-order valence-electron chi connectivity index (χ4n) is 1.14. The Hall–Kier alpha value is -2.74. The van der Waals surface area contributed by atoms with Crippen LogP contribution in [0.15, 0.2) is 59.9 Å². The first-order chi connectivity index (χ1) is 9.27. The molecule has 0 fully saturated rings. The fourth-order valence-corrected chi connectivity index (χ4v) is 1.14. The second kappa shape index (κ2) is 8.37. The third kappa shape index (κ3) is 5.41. The van der Waals surface area contributed by atoms with Gasteiger partial charge in [0.1, 0.15) is 6.61 Å². The van der Waals surface area contributed by atoms with Crippen molar-refractivity contribution in [2.24, 2.45) is 5.16 Å². The normalized spacial score (nSPS) is 10.0. The molecule has 2 aromatic rings. The molecule has 0 atom stereocenters. The molecule has 2 rings (SSSR count). The van der Waals surface area contributed by atoms with E-state index in [0.717, 1.165) is 4.73 Å². The Bertz CT molecular complexity index is 585. The zero-order chi connectivity index (χ0) is 13.9. The minimum atomic E-state index is 0.384. The van der Waals surface area contributed by atoms with Gasteiger partial charge in [0, 0.05) is 6.20 Å². The van der Waals surface area contributed by atoms with Crippen molar-refractivity contribution in [2.45, 2.75) is 6.92 Å². The Morgan fingerprint density at radius 3 is 2.42 bits per heavy atom. The van der Waals surface area contributed by atoms with Crippen molar-refractivity contribution in [3.05, 3.63) is 65.8 Å². The summed E-state index contributed by atoms with van der Waals surface area (Å²) in [5, 5.41) is 21.0. The lowest BCUT2D eigenvalue weighted by Gasteiger charge is -1.95. The molecule has 5 heteroatoms. The second-order valence-electron chi connectivity index (χ2n) is 3.39. The van der Waals surface area contributed by atoms with Crippen molar-refractivity contribution in [3.63, 3.8) is 0 Å². The minimum Gasteiger partial charge on any atom is -0.427 e. The molecule has 0 spiro atoms. The first-order valence-electron chi connectivity index (χ1n) is 5.76. The molecule has 0 unspecified atom stereocenters. The van der Waals surface area contributed by atoms with Gasteiger partial charge in [-0.1, -0.05) is 29.4 Å². The van der Waals surface area contributed by atoms with Crippen LogP contribution in [0.5, 0.6) is 0 Å². The highest BCUT2D eigenvalue weighted by molar-refractivity contribution is 5.27. The van der Waals surface area contributed by atoms with Gasteiger partial charge in [-0.15, -0.1) is 0 Å². The summed E-state index contributed by atoms with van der Waals surface area (Å²) in [5.74, 6) is 0. The van der Waals surface area contributed by atoms with E-state index in [9.17, 15) is 0 Å². The van der Waals surface area contributed by atoms with E-state index >= 15 is 0 Å². The molecule has 0 saturated carbocycles. The van der Waals surface area contributed by atoms with Gasteiger partial charge in [0.05, 0.1) is 11.6 Å². The number of nitriles is 1. The monoisotopic (exact) mass is 257 g/mol. The van der Waals surface area contributed by atoms with Crippen LogP contribution in [0.4, 0.5) is 0 Å². The molecule has 1 aromatic carbocycles. The van der Waals surface area contributed by atoms with Gasteiger partial charge >= 0.3 is 0 Å². The molecule has 0 amide bonds. The van der Waals surface area contributed by atoms with Crippen LogP contribution >= 0.6 is 0 Å². The van der Waals surface area contributed by atoms with Gasteiger partial charge in [0.25, 0.3) is 0 Å². The molecular weight excluding hydrogens is 242 g/mol. The number of rotatable bonds is 2. The van der Waals surface area contributed by atoms with Crippen LogP contribution in [-0.4, -0.2) is 16.5 Å². The van der Waals surface area contributed by atoms with Crippen LogP contribution in [0.25, 0.3) is 0 Å². The topological polar surface area (TPSA) is 70.5 Å². The van der Waals surface area contributed by atoms with Gasteiger partial charge in [0.15, 0.2) is 0 Å². The highest BCUT2D eigenvalue weighted by Gasteiger charge is 1.85. The fraction of sp³-hybridized carbons (Fsp3) is 0.143. The third-order valence-electron chi connectivity index (χ3n) is 2.01. The van der Waals surface area contributed by atoms with E-state index in [1.807, 2.05) is 31.2 Å². The van der Waals surface area contributed by atoms with E-state index in [0.29, 0.717) is 17.7 Å². The molecule has 0 aliphatic heterocycles. The molecule has 0 bridgehead atoms. The van der Waals surface area contributed by atoms with E-state index < -0.39 is 0 Å². The van der Waals surface area contributed by atoms with Crippen molar-refractivity contribution in [1.82, 2.24) is 4.73 Å². The predicted molar refractivity (Wildman–Crippen MR) is 70.0 cm³/mol. The summed E-state index contributed by atoms with van der Waals surface area (Å²) in [7, 11) is 0. The van der Waals surface area contributed by atoms with Crippen molar-refractivity contribution < 1.29 is 10.0 Å². The van der Waals surface area contributed by atoms with E-state index in [-0.39, 0.29) is 0 Å². The number of nitrogens with zero attached hydrogens (tertiary/aromatic N) is 3. The summed E-state index contributed by atoms with van der Waals surface area (Å²) in [4.78, 5) is 4.74. The standard InChI is InChI=1S/C7H10N2O2.C7H5N/c1-2-11-8-7-5-3-4-6-9(7)10;8-6-7-4-2-1-3-5-7/h3-6,10H,2H2,1H3;1-5H. The molecule has 5 nitrogen and oxygen atoms in total. The van der Waals surface area contributed by atoms with Crippen molar-refractivity contribution in [3.8, 4) is 6.07 Å². The van der Waals surface area contributed by atoms with Gasteiger partial charge in [-0.3, -0.25) is 0 Å². The summed E-state index contributed by atoms with van der Waals surface area (Å²) in [6.45, 7) is 2.32. The molecule has 98 valence electrons. The van der Waals surface area contributed by atoms with Crippen LogP contribution in [0.2, 0.25) is 0 Å². The number of pyridine rings is 1. The first-order valence-corrected chi connectivity index (χ1v) is 5.76. The molecule has 1 aromatic heterocycles. The van der Waals surface area contributed by atoms with Crippen LogP contribution in [0.1, 0.15) is 12.5 Å². The number of hydrogen-bond acceptors (Lipinski definition) is 4. The van der Waals surface area contributed by atoms with Gasteiger partial charge in [-0.25, -0.2) is 0 Å². The van der Waals surface area contributed by atoms with E-state index in [1.54, 1.807) is 30.3 Å². The summed E-state index contributed by atoms with van der Waals surface area (Å²) >= 11 is 0. The Kier molecular flexibility index (Phi) is 6.31. The largest absolute Gasteiger partial charge is 0.427 e. The summed E-state index contributed by atoms with van der Waals surface area (Å²) < 4.78 is 0.898. The summed E-state index contributed by atoms with van der Waals surface area (Å²) in [5.41, 5.74) is 1.10. The van der Waals surface area contributed by atoms with Crippen LogP contribution in [0, 0.1) is 11.3 Å². The lowest BCUT2D eigenvalue weighted by Crippen LogP contribution is -2.17. The first kappa shape index (κ1) is 14.3. The van der Waals surface area contributed by atoms with Crippen molar-refractivity contribution in [1.29, 1.82) is 5.26 Å². The maximum Gasteiger partial charge on any atom is 0.206 e. The Morgan fingerprint density at radius 2 is 1.89 bits per heavy atom. The molecule has 1 heterocycles. The maximum absolute atomic E-state index is 9.08. The molecule has 1 N–H and O–H groups in total. The van der Waals surface area contributed by atoms with Crippen molar-refractivity contribution >= 4 is 0 Å².